The molecule has 1 N–H and O–H groups in total. The Hall–Kier alpha value is -0.430. The van der Waals surface area contributed by atoms with E-state index in [9.17, 15) is 13.5 Å². The minimum absolute atomic E-state index is 0.0385. The average Bonchev–Trinajstić information content (AvgIpc) is 2.89. The van der Waals surface area contributed by atoms with Crippen molar-refractivity contribution in [2.45, 2.75) is 29.7 Å². The van der Waals surface area contributed by atoms with Crippen molar-refractivity contribution in [3.05, 3.63) is 29.8 Å². The third kappa shape index (κ3) is 3.18. The first-order valence-corrected chi connectivity index (χ1v) is 8.84. The zero-order valence-electron chi connectivity index (χ0n) is 10.8. The summed E-state index contributed by atoms with van der Waals surface area (Å²) in [6, 6.07) is 6.90. The van der Waals surface area contributed by atoms with Crippen LogP contribution in [0.5, 0.6) is 0 Å². The SMILES string of the molecule is CC(O)C1CCN(S(=O)(=O)c2ccc(CBr)cc2)C1. The largest absolute Gasteiger partial charge is 0.393 e. The molecule has 6 heteroatoms. The molecule has 1 aliphatic rings. The summed E-state index contributed by atoms with van der Waals surface area (Å²) in [5.74, 6) is 0.0385. The quantitative estimate of drug-likeness (QED) is 0.847. The van der Waals surface area contributed by atoms with Gasteiger partial charge in [0.2, 0.25) is 10.0 Å². The van der Waals surface area contributed by atoms with Crippen LogP contribution in [-0.2, 0) is 15.4 Å². The van der Waals surface area contributed by atoms with E-state index >= 15 is 0 Å². The molecule has 106 valence electrons. The molecule has 2 unspecified atom stereocenters. The van der Waals surface area contributed by atoms with Crippen LogP contribution in [0, 0.1) is 5.92 Å². The van der Waals surface area contributed by atoms with Crippen molar-refractivity contribution in [3.63, 3.8) is 0 Å². The molecule has 1 fully saturated rings. The molecule has 0 saturated carbocycles. The fraction of sp³-hybridized carbons (Fsp3) is 0.538. The lowest BCUT2D eigenvalue weighted by Crippen LogP contribution is -2.30. The molecule has 0 amide bonds. The molecule has 1 aliphatic heterocycles. The second-order valence-corrected chi connectivity index (χ2v) is 7.43. The van der Waals surface area contributed by atoms with Gasteiger partial charge in [-0.3, -0.25) is 0 Å². The van der Waals surface area contributed by atoms with Gasteiger partial charge in [-0.2, -0.15) is 4.31 Å². The smallest absolute Gasteiger partial charge is 0.243 e. The monoisotopic (exact) mass is 347 g/mol. The van der Waals surface area contributed by atoms with E-state index in [4.69, 9.17) is 0 Å². The average molecular weight is 348 g/mol. The van der Waals surface area contributed by atoms with Gasteiger partial charge in [0.1, 0.15) is 0 Å². The molecule has 1 aromatic carbocycles. The Balaban J connectivity index is 2.18. The molecule has 1 saturated heterocycles. The summed E-state index contributed by atoms with van der Waals surface area (Å²) in [5, 5.41) is 10.3. The molecule has 19 heavy (non-hydrogen) atoms. The number of nitrogens with zero attached hydrogens (tertiary/aromatic N) is 1. The van der Waals surface area contributed by atoms with E-state index < -0.39 is 16.1 Å². The normalized spacial score (nSPS) is 22.6. The second-order valence-electron chi connectivity index (χ2n) is 4.93. The number of alkyl halides is 1. The van der Waals surface area contributed by atoms with Crippen molar-refractivity contribution in [1.82, 2.24) is 4.31 Å². The number of sulfonamides is 1. The first-order valence-electron chi connectivity index (χ1n) is 6.28. The summed E-state index contributed by atoms with van der Waals surface area (Å²) in [6.07, 6.45) is 0.257. The Morgan fingerprint density at radius 2 is 2.05 bits per heavy atom. The summed E-state index contributed by atoms with van der Waals surface area (Å²) in [7, 11) is -3.42. The zero-order chi connectivity index (χ0) is 14.0. The molecule has 0 spiro atoms. The third-order valence-corrected chi connectivity index (χ3v) is 6.11. The van der Waals surface area contributed by atoms with Crippen LogP contribution in [-0.4, -0.2) is 37.0 Å². The number of halogens is 1. The maximum Gasteiger partial charge on any atom is 0.243 e. The number of benzene rings is 1. The zero-order valence-corrected chi connectivity index (χ0v) is 13.2. The molecule has 1 aromatic rings. The Labute approximate surface area is 122 Å². The topological polar surface area (TPSA) is 57.6 Å². The standard InChI is InChI=1S/C13H18BrNO3S/c1-10(16)12-6-7-15(9-12)19(17,18)13-4-2-11(8-14)3-5-13/h2-5,10,12,16H,6-9H2,1H3. The van der Waals surface area contributed by atoms with Gasteiger partial charge in [0.05, 0.1) is 11.0 Å². The Bertz CT molecular complexity index is 527. The van der Waals surface area contributed by atoms with E-state index in [2.05, 4.69) is 15.9 Å². The van der Waals surface area contributed by atoms with E-state index in [1.807, 2.05) is 12.1 Å². The fourth-order valence-electron chi connectivity index (χ4n) is 2.27. The number of hydrogen-bond acceptors (Lipinski definition) is 3. The summed E-state index contributed by atoms with van der Waals surface area (Å²) in [4.78, 5) is 0.323. The van der Waals surface area contributed by atoms with Crippen LogP contribution in [0.15, 0.2) is 29.2 Å². The van der Waals surface area contributed by atoms with Gasteiger partial charge in [-0.05, 0) is 37.0 Å². The molecule has 0 bridgehead atoms. The summed E-state index contributed by atoms with van der Waals surface area (Å²) in [6.45, 7) is 2.60. The number of hydrogen-bond donors (Lipinski definition) is 1. The van der Waals surface area contributed by atoms with Crippen molar-refractivity contribution in [2.75, 3.05) is 13.1 Å². The lowest BCUT2D eigenvalue weighted by atomic mass is 10.0. The Kier molecular flexibility index (Phi) is 4.66. The summed E-state index contributed by atoms with van der Waals surface area (Å²) >= 11 is 3.33. The lowest BCUT2D eigenvalue weighted by molar-refractivity contribution is 0.133. The minimum atomic E-state index is -3.42. The van der Waals surface area contributed by atoms with E-state index in [1.165, 1.54) is 4.31 Å². The van der Waals surface area contributed by atoms with Crippen LogP contribution < -0.4 is 0 Å². The predicted octanol–water partition coefficient (Wildman–Crippen LogP) is 1.97. The van der Waals surface area contributed by atoms with Gasteiger partial charge in [-0.15, -0.1) is 0 Å². The first-order chi connectivity index (χ1) is 8.95. The first kappa shape index (κ1) is 15.0. The van der Waals surface area contributed by atoms with Gasteiger partial charge in [-0.25, -0.2) is 8.42 Å². The van der Waals surface area contributed by atoms with Gasteiger partial charge in [0, 0.05) is 18.4 Å². The van der Waals surface area contributed by atoms with Crippen molar-refractivity contribution in [3.8, 4) is 0 Å². The number of aliphatic hydroxyl groups is 1. The minimum Gasteiger partial charge on any atom is -0.393 e. The summed E-state index contributed by atoms with van der Waals surface area (Å²) < 4.78 is 26.3. The van der Waals surface area contributed by atoms with Gasteiger partial charge >= 0.3 is 0 Å². The molecule has 1 heterocycles. The molecule has 2 rings (SSSR count). The highest BCUT2D eigenvalue weighted by atomic mass is 79.9. The Morgan fingerprint density at radius 1 is 1.42 bits per heavy atom. The van der Waals surface area contributed by atoms with Crippen LogP contribution in [0.3, 0.4) is 0 Å². The van der Waals surface area contributed by atoms with Crippen molar-refractivity contribution in [2.24, 2.45) is 5.92 Å². The van der Waals surface area contributed by atoms with Crippen molar-refractivity contribution < 1.29 is 13.5 Å². The summed E-state index contributed by atoms with van der Waals surface area (Å²) in [5.41, 5.74) is 1.04. The van der Waals surface area contributed by atoms with E-state index in [0.717, 1.165) is 12.0 Å². The fourth-order valence-corrected chi connectivity index (χ4v) is 4.15. The van der Waals surface area contributed by atoms with Gasteiger partial charge in [0.25, 0.3) is 0 Å². The molecule has 4 nitrogen and oxygen atoms in total. The van der Waals surface area contributed by atoms with Crippen LogP contribution in [0.25, 0.3) is 0 Å². The predicted molar refractivity (Wildman–Crippen MR) is 77.6 cm³/mol. The van der Waals surface area contributed by atoms with E-state index in [0.29, 0.717) is 23.3 Å². The van der Waals surface area contributed by atoms with Crippen LogP contribution in [0.2, 0.25) is 0 Å². The molecule has 2 atom stereocenters. The lowest BCUT2D eigenvalue weighted by Gasteiger charge is -2.17. The number of aliphatic hydroxyl groups excluding tert-OH is 1. The van der Waals surface area contributed by atoms with Gasteiger partial charge in [-0.1, -0.05) is 28.1 Å². The second kappa shape index (κ2) is 5.91. The number of rotatable bonds is 4. The highest BCUT2D eigenvalue weighted by Gasteiger charge is 2.34. The highest BCUT2D eigenvalue weighted by Crippen LogP contribution is 2.26. The van der Waals surface area contributed by atoms with Gasteiger partial charge in [0.15, 0.2) is 0 Å². The van der Waals surface area contributed by atoms with Crippen molar-refractivity contribution in [1.29, 1.82) is 0 Å². The molecular formula is C13H18BrNO3S. The molecular weight excluding hydrogens is 330 g/mol. The highest BCUT2D eigenvalue weighted by molar-refractivity contribution is 9.08. The van der Waals surface area contributed by atoms with Crippen molar-refractivity contribution >= 4 is 26.0 Å². The van der Waals surface area contributed by atoms with Crippen LogP contribution in [0.4, 0.5) is 0 Å². The maximum atomic E-state index is 12.4. The molecule has 0 aliphatic carbocycles. The van der Waals surface area contributed by atoms with E-state index in [-0.39, 0.29) is 5.92 Å². The van der Waals surface area contributed by atoms with Gasteiger partial charge < -0.3 is 5.11 Å². The third-order valence-electron chi connectivity index (χ3n) is 3.59. The Morgan fingerprint density at radius 3 is 2.53 bits per heavy atom. The maximum absolute atomic E-state index is 12.4. The van der Waals surface area contributed by atoms with E-state index in [1.54, 1.807) is 19.1 Å². The molecule has 0 aromatic heterocycles. The van der Waals surface area contributed by atoms with Crippen LogP contribution in [0.1, 0.15) is 18.9 Å². The van der Waals surface area contributed by atoms with Crippen LogP contribution >= 0.6 is 15.9 Å². The molecule has 0 radical (unpaired) electrons.